The molecule has 2 aromatic carbocycles. The van der Waals surface area contributed by atoms with E-state index in [9.17, 15) is 18.0 Å². The van der Waals surface area contributed by atoms with Crippen molar-refractivity contribution in [3.8, 4) is 0 Å². The Hall–Kier alpha value is -2.45. The third kappa shape index (κ3) is 2.93. The van der Waals surface area contributed by atoms with Crippen LogP contribution in [0.1, 0.15) is 6.42 Å². The molecule has 2 aromatic rings. The zero-order valence-corrected chi connectivity index (χ0v) is 17.6. The maximum absolute atomic E-state index is 12.9. The molecule has 2 amide bonds. The van der Waals surface area contributed by atoms with Crippen molar-refractivity contribution in [1.82, 2.24) is 0 Å². The number of halogens is 1. The van der Waals surface area contributed by atoms with Gasteiger partial charge in [0.2, 0.25) is 11.8 Å². The molecule has 6 nitrogen and oxygen atoms in total. The highest BCUT2D eigenvalue weighted by Gasteiger charge is 2.59. The maximum atomic E-state index is 12.9. The Bertz CT molecular complexity index is 1130. The molecule has 1 aliphatic heterocycles. The lowest BCUT2D eigenvalue weighted by Crippen LogP contribution is -2.32. The molecule has 0 spiro atoms. The molecular formula is C21H17BrN2O4S. The lowest BCUT2D eigenvalue weighted by Gasteiger charge is -2.17. The maximum Gasteiger partial charge on any atom is 0.261 e. The number of fused-ring (bicyclic) bond motifs is 5. The summed E-state index contributed by atoms with van der Waals surface area (Å²) in [5.74, 6) is -0.640. The van der Waals surface area contributed by atoms with Gasteiger partial charge < -0.3 is 0 Å². The molecule has 0 radical (unpaired) electrons. The summed E-state index contributed by atoms with van der Waals surface area (Å²) in [5, 5.41) is 0. The second-order valence-corrected chi connectivity index (χ2v) is 10.2. The van der Waals surface area contributed by atoms with Crippen LogP contribution in [0.15, 0.2) is 70.1 Å². The first-order valence-corrected chi connectivity index (χ1v) is 11.6. The molecule has 2 bridgehead atoms. The van der Waals surface area contributed by atoms with Crippen LogP contribution in [0.25, 0.3) is 0 Å². The van der Waals surface area contributed by atoms with Crippen LogP contribution in [0, 0.1) is 23.7 Å². The third-order valence-corrected chi connectivity index (χ3v) is 7.84. The van der Waals surface area contributed by atoms with Crippen molar-refractivity contribution in [1.29, 1.82) is 0 Å². The number of carbonyl (C=O) groups excluding carboxylic acids is 2. The second-order valence-electron chi connectivity index (χ2n) is 7.62. The van der Waals surface area contributed by atoms with Crippen molar-refractivity contribution in [3.63, 3.8) is 0 Å². The zero-order valence-electron chi connectivity index (χ0n) is 15.2. The monoisotopic (exact) mass is 472 g/mol. The molecule has 148 valence electrons. The number of nitrogens with one attached hydrogen (secondary N) is 1. The van der Waals surface area contributed by atoms with Gasteiger partial charge in [-0.2, -0.15) is 0 Å². The van der Waals surface area contributed by atoms with E-state index in [1.165, 1.54) is 29.2 Å². The van der Waals surface area contributed by atoms with Gasteiger partial charge in [-0.15, -0.1) is 0 Å². The van der Waals surface area contributed by atoms with Crippen molar-refractivity contribution in [2.24, 2.45) is 23.7 Å². The van der Waals surface area contributed by atoms with Gasteiger partial charge in [-0.3, -0.25) is 19.2 Å². The fourth-order valence-electron chi connectivity index (χ4n) is 4.70. The van der Waals surface area contributed by atoms with Gasteiger partial charge in [0, 0.05) is 10.2 Å². The molecule has 5 rings (SSSR count). The number of anilines is 2. The second kappa shape index (κ2) is 6.53. The van der Waals surface area contributed by atoms with E-state index in [0.29, 0.717) is 11.4 Å². The molecule has 8 heteroatoms. The van der Waals surface area contributed by atoms with Crippen molar-refractivity contribution in [2.75, 3.05) is 9.62 Å². The number of nitrogens with zero attached hydrogens (tertiary/aromatic N) is 1. The number of sulfonamides is 1. The first-order valence-electron chi connectivity index (χ1n) is 9.30. The molecule has 1 saturated heterocycles. The summed E-state index contributed by atoms with van der Waals surface area (Å²) in [6, 6.07) is 12.7. The van der Waals surface area contributed by atoms with E-state index in [1.807, 2.05) is 12.2 Å². The van der Waals surface area contributed by atoms with Crippen LogP contribution in [-0.4, -0.2) is 20.2 Å². The summed E-state index contributed by atoms with van der Waals surface area (Å²) < 4.78 is 28.6. The Balaban J connectivity index is 1.39. The summed E-state index contributed by atoms with van der Waals surface area (Å²) >= 11 is 3.31. The van der Waals surface area contributed by atoms with Crippen LogP contribution in [0.4, 0.5) is 11.4 Å². The Morgan fingerprint density at radius 3 is 2.14 bits per heavy atom. The summed E-state index contributed by atoms with van der Waals surface area (Å²) in [6.45, 7) is 0. The zero-order chi connectivity index (χ0) is 20.3. The lowest BCUT2D eigenvalue weighted by atomic mass is 9.85. The van der Waals surface area contributed by atoms with Crippen LogP contribution in [-0.2, 0) is 19.6 Å². The number of hydrogen-bond acceptors (Lipinski definition) is 4. The quantitative estimate of drug-likeness (QED) is 0.544. The van der Waals surface area contributed by atoms with Crippen molar-refractivity contribution in [3.05, 3.63) is 65.2 Å². The van der Waals surface area contributed by atoms with E-state index in [0.717, 1.165) is 10.9 Å². The molecular weight excluding hydrogens is 456 g/mol. The summed E-state index contributed by atoms with van der Waals surface area (Å²) in [5.41, 5.74) is 0.847. The van der Waals surface area contributed by atoms with E-state index >= 15 is 0 Å². The highest BCUT2D eigenvalue weighted by molar-refractivity contribution is 9.10. The predicted molar refractivity (Wildman–Crippen MR) is 112 cm³/mol. The average Bonchev–Trinajstić information content (AvgIpc) is 3.35. The molecule has 2 fully saturated rings. The normalized spacial score (nSPS) is 27.6. The fourth-order valence-corrected chi connectivity index (χ4v) is 6.15. The van der Waals surface area contributed by atoms with Crippen molar-refractivity contribution in [2.45, 2.75) is 11.3 Å². The van der Waals surface area contributed by atoms with Gasteiger partial charge in [0.05, 0.1) is 22.4 Å². The minimum absolute atomic E-state index is 0.0576. The Kier molecular flexibility index (Phi) is 4.18. The molecule has 29 heavy (non-hydrogen) atoms. The number of allylic oxidation sites excluding steroid dienone is 2. The number of amides is 2. The van der Waals surface area contributed by atoms with E-state index in [2.05, 4.69) is 20.7 Å². The van der Waals surface area contributed by atoms with Gasteiger partial charge in [0.15, 0.2) is 0 Å². The fraction of sp³-hybridized carbons (Fsp3) is 0.238. The topological polar surface area (TPSA) is 83.6 Å². The van der Waals surface area contributed by atoms with E-state index in [4.69, 9.17) is 0 Å². The first kappa shape index (κ1) is 18.6. The van der Waals surface area contributed by atoms with Gasteiger partial charge >= 0.3 is 0 Å². The molecule has 1 N–H and O–H groups in total. The minimum Gasteiger partial charge on any atom is -0.280 e. The average molecular weight is 473 g/mol. The van der Waals surface area contributed by atoms with Gasteiger partial charge in [-0.05, 0) is 60.7 Å². The van der Waals surface area contributed by atoms with E-state index in [-0.39, 0.29) is 40.4 Å². The SMILES string of the molecule is O=C1[C@@H]2[C@@H]3C=CC(C3)[C@@H]2C(=O)N1c1ccc(S(=O)(=O)Nc2cccc(Br)c2)cc1. The molecule has 3 aliphatic rings. The van der Waals surface area contributed by atoms with E-state index in [1.54, 1.807) is 24.3 Å². The highest BCUT2D eigenvalue weighted by Crippen LogP contribution is 2.53. The molecule has 1 unspecified atom stereocenters. The first-order chi connectivity index (χ1) is 13.8. The molecule has 1 heterocycles. The summed E-state index contributed by atoms with van der Waals surface area (Å²) in [6.07, 6.45) is 4.96. The van der Waals surface area contributed by atoms with Crippen molar-refractivity contribution >= 4 is 49.1 Å². The van der Waals surface area contributed by atoms with Gasteiger partial charge in [0.1, 0.15) is 0 Å². The molecule has 0 aromatic heterocycles. The Labute approximate surface area is 176 Å². The molecule has 2 aliphatic carbocycles. The van der Waals surface area contributed by atoms with Crippen LogP contribution in [0.5, 0.6) is 0 Å². The smallest absolute Gasteiger partial charge is 0.261 e. The minimum atomic E-state index is -3.79. The Morgan fingerprint density at radius 1 is 0.931 bits per heavy atom. The molecule has 1 saturated carbocycles. The summed E-state index contributed by atoms with van der Waals surface area (Å²) in [7, 11) is -3.79. The summed E-state index contributed by atoms with van der Waals surface area (Å²) in [4.78, 5) is 27.0. The highest BCUT2D eigenvalue weighted by atomic mass is 79.9. The largest absolute Gasteiger partial charge is 0.280 e. The lowest BCUT2D eigenvalue weighted by molar-refractivity contribution is -0.123. The standard InChI is InChI=1S/C21H17BrN2O4S/c22-14-2-1-3-15(11-14)23-29(27,28)17-8-6-16(7-9-17)24-20(25)18-12-4-5-13(10-12)19(18)21(24)26/h1-9,11-13,18-19,23H,10H2/t12-,13?,18-,19+/m1/s1. The Morgan fingerprint density at radius 2 is 1.55 bits per heavy atom. The van der Waals surface area contributed by atoms with E-state index < -0.39 is 10.0 Å². The van der Waals surface area contributed by atoms with Crippen LogP contribution < -0.4 is 9.62 Å². The van der Waals surface area contributed by atoms with Gasteiger partial charge in [0.25, 0.3) is 10.0 Å². The van der Waals surface area contributed by atoms with Crippen LogP contribution >= 0.6 is 15.9 Å². The number of benzene rings is 2. The van der Waals surface area contributed by atoms with Crippen LogP contribution in [0.2, 0.25) is 0 Å². The van der Waals surface area contributed by atoms with Crippen LogP contribution in [0.3, 0.4) is 0 Å². The third-order valence-electron chi connectivity index (χ3n) is 5.95. The number of carbonyl (C=O) groups is 2. The number of imide groups is 1. The molecule has 4 atom stereocenters. The number of rotatable bonds is 4. The predicted octanol–water partition coefficient (Wildman–Crippen LogP) is 3.56. The van der Waals surface area contributed by atoms with Crippen molar-refractivity contribution < 1.29 is 18.0 Å². The van der Waals surface area contributed by atoms with Gasteiger partial charge in [-0.1, -0.05) is 34.1 Å². The van der Waals surface area contributed by atoms with Gasteiger partial charge in [-0.25, -0.2) is 8.42 Å². The number of hydrogen-bond donors (Lipinski definition) is 1.